The molecule has 0 amide bonds. The Labute approximate surface area is 159 Å². The van der Waals surface area contributed by atoms with E-state index >= 15 is 0 Å². The maximum absolute atomic E-state index is 13.3. The van der Waals surface area contributed by atoms with Crippen molar-refractivity contribution in [3.8, 4) is 0 Å². The van der Waals surface area contributed by atoms with E-state index in [2.05, 4.69) is 13.0 Å². The lowest BCUT2D eigenvalue weighted by Crippen LogP contribution is -2.36. The van der Waals surface area contributed by atoms with E-state index in [0.29, 0.717) is 17.4 Å². The highest BCUT2D eigenvalue weighted by atomic mass is 32.2. The normalized spacial score (nSPS) is 26.0. The summed E-state index contributed by atoms with van der Waals surface area (Å²) in [5.74, 6) is 0.537. The summed E-state index contributed by atoms with van der Waals surface area (Å²) in [6, 6.07) is 7.33. The summed E-state index contributed by atoms with van der Waals surface area (Å²) in [6.07, 6.45) is 13.1. The zero-order chi connectivity index (χ0) is 18.6. The van der Waals surface area contributed by atoms with Crippen molar-refractivity contribution >= 4 is 10.0 Å². The average Bonchev–Trinajstić information content (AvgIpc) is 3.05. The smallest absolute Gasteiger partial charge is 0.207 e. The monoisotopic (exact) mass is 375 g/mol. The molecule has 0 N–H and O–H groups in total. The molecule has 4 heteroatoms. The van der Waals surface area contributed by atoms with Crippen molar-refractivity contribution in [2.45, 2.75) is 82.6 Å². The van der Waals surface area contributed by atoms with Crippen molar-refractivity contribution in [2.75, 3.05) is 6.54 Å². The molecule has 1 heterocycles. The van der Waals surface area contributed by atoms with Crippen LogP contribution in [0.15, 0.2) is 40.8 Å². The SMILES string of the molecule is CCC1CCCCCCCCC2C=C1CN2S(=O)(=O)c1ccc(C)cc1. The van der Waals surface area contributed by atoms with Gasteiger partial charge in [-0.2, -0.15) is 4.31 Å². The van der Waals surface area contributed by atoms with Crippen LogP contribution in [0.4, 0.5) is 0 Å². The second-order valence-electron chi connectivity index (χ2n) is 7.98. The number of rotatable bonds is 3. The van der Waals surface area contributed by atoms with Gasteiger partial charge in [-0.25, -0.2) is 8.42 Å². The second kappa shape index (κ2) is 8.71. The molecule has 1 aliphatic carbocycles. The Bertz CT molecular complexity index is 721. The lowest BCUT2D eigenvalue weighted by Gasteiger charge is -2.25. The van der Waals surface area contributed by atoms with E-state index in [4.69, 9.17) is 0 Å². The molecule has 3 rings (SSSR count). The van der Waals surface area contributed by atoms with E-state index < -0.39 is 10.0 Å². The van der Waals surface area contributed by atoms with Crippen LogP contribution in [0.1, 0.15) is 70.3 Å². The van der Waals surface area contributed by atoms with Gasteiger partial charge in [0.25, 0.3) is 0 Å². The fraction of sp³-hybridized carbons (Fsp3) is 0.636. The van der Waals surface area contributed by atoms with Crippen molar-refractivity contribution in [1.29, 1.82) is 0 Å². The fourth-order valence-corrected chi connectivity index (χ4v) is 5.98. The van der Waals surface area contributed by atoms with Gasteiger partial charge in [-0.05, 0) is 44.2 Å². The first-order valence-corrected chi connectivity index (χ1v) is 11.8. The Morgan fingerprint density at radius 3 is 2.23 bits per heavy atom. The van der Waals surface area contributed by atoms with E-state index in [1.807, 2.05) is 19.1 Å². The Hall–Kier alpha value is -1.13. The van der Waals surface area contributed by atoms with Crippen LogP contribution in [0, 0.1) is 12.8 Å². The molecule has 0 saturated carbocycles. The fourth-order valence-electron chi connectivity index (χ4n) is 4.38. The summed E-state index contributed by atoms with van der Waals surface area (Å²) in [7, 11) is -3.43. The highest BCUT2D eigenvalue weighted by Gasteiger charge is 2.36. The topological polar surface area (TPSA) is 37.4 Å². The molecule has 0 radical (unpaired) electrons. The Kier molecular flexibility index (Phi) is 6.57. The highest BCUT2D eigenvalue weighted by Crippen LogP contribution is 2.34. The minimum absolute atomic E-state index is 0.0322. The Balaban J connectivity index is 1.87. The first-order chi connectivity index (χ1) is 12.5. The van der Waals surface area contributed by atoms with Gasteiger partial charge in [0.2, 0.25) is 10.0 Å². The van der Waals surface area contributed by atoms with Gasteiger partial charge < -0.3 is 0 Å². The minimum atomic E-state index is -3.43. The van der Waals surface area contributed by atoms with Crippen LogP contribution >= 0.6 is 0 Å². The van der Waals surface area contributed by atoms with Gasteiger partial charge in [-0.15, -0.1) is 0 Å². The summed E-state index contributed by atoms with van der Waals surface area (Å²) >= 11 is 0. The van der Waals surface area contributed by atoms with Gasteiger partial charge in [0.1, 0.15) is 0 Å². The van der Waals surface area contributed by atoms with Crippen molar-refractivity contribution < 1.29 is 8.42 Å². The van der Waals surface area contributed by atoms with E-state index in [-0.39, 0.29) is 6.04 Å². The molecule has 2 unspecified atom stereocenters. The van der Waals surface area contributed by atoms with E-state index in [1.54, 1.807) is 16.4 Å². The molecule has 1 aromatic rings. The molecular formula is C22H33NO2S. The largest absolute Gasteiger partial charge is 0.243 e. The molecular weight excluding hydrogens is 342 g/mol. The Morgan fingerprint density at radius 2 is 1.58 bits per heavy atom. The molecule has 144 valence electrons. The van der Waals surface area contributed by atoms with Crippen molar-refractivity contribution in [2.24, 2.45) is 5.92 Å². The summed E-state index contributed by atoms with van der Waals surface area (Å²) in [5, 5.41) is 0. The maximum atomic E-state index is 13.3. The molecule has 2 aliphatic rings. The third-order valence-corrected chi connectivity index (χ3v) is 7.95. The lowest BCUT2D eigenvalue weighted by atomic mass is 9.90. The summed E-state index contributed by atoms with van der Waals surface area (Å²) in [5.41, 5.74) is 2.44. The number of sulfonamides is 1. The van der Waals surface area contributed by atoms with Crippen molar-refractivity contribution in [3.63, 3.8) is 0 Å². The molecule has 0 saturated heterocycles. The third-order valence-electron chi connectivity index (χ3n) is 6.06. The molecule has 2 bridgehead atoms. The lowest BCUT2D eigenvalue weighted by molar-refractivity contribution is 0.376. The van der Waals surface area contributed by atoms with E-state index in [0.717, 1.165) is 24.8 Å². The number of hydrogen-bond donors (Lipinski definition) is 0. The minimum Gasteiger partial charge on any atom is -0.207 e. The molecule has 0 aromatic heterocycles. The number of benzene rings is 1. The van der Waals surface area contributed by atoms with Gasteiger partial charge in [-0.1, -0.05) is 74.8 Å². The zero-order valence-corrected chi connectivity index (χ0v) is 17.1. The van der Waals surface area contributed by atoms with Crippen LogP contribution in [0.3, 0.4) is 0 Å². The van der Waals surface area contributed by atoms with E-state index in [9.17, 15) is 8.42 Å². The van der Waals surface area contributed by atoms with Gasteiger partial charge in [0.05, 0.1) is 4.90 Å². The standard InChI is InChI=1S/C22H33NO2S/c1-3-19-10-8-6-4-5-7-9-11-21-16-20(19)17-23(21)26(24,25)22-14-12-18(2)13-15-22/h12-16,19,21H,3-11,17H2,1-2H3. The molecule has 0 spiro atoms. The van der Waals surface area contributed by atoms with Crippen LogP contribution in [-0.4, -0.2) is 25.3 Å². The van der Waals surface area contributed by atoms with Crippen molar-refractivity contribution in [3.05, 3.63) is 41.5 Å². The molecule has 0 fully saturated rings. The highest BCUT2D eigenvalue weighted by molar-refractivity contribution is 7.89. The number of hydrogen-bond acceptors (Lipinski definition) is 2. The third kappa shape index (κ3) is 4.40. The van der Waals surface area contributed by atoms with Crippen LogP contribution in [0.5, 0.6) is 0 Å². The molecule has 1 aliphatic heterocycles. The predicted octanol–water partition coefficient (Wildman–Crippen LogP) is 5.45. The van der Waals surface area contributed by atoms with Gasteiger partial charge in [0.15, 0.2) is 0 Å². The van der Waals surface area contributed by atoms with Crippen LogP contribution in [0.25, 0.3) is 0 Å². The number of aryl methyl sites for hydroxylation is 1. The summed E-state index contributed by atoms with van der Waals surface area (Å²) < 4.78 is 28.4. The predicted molar refractivity (Wildman–Crippen MR) is 108 cm³/mol. The first-order valence-electron chi connectivity index (χ1n) is 10.3. The molecule has 2 atom stereocenters. The molecule has 26 heavy (non-hydrogen) atoms. The van der Waals surface area contributed by atoms with Crippen molar-refractivity contribution in [1.82, 2.24) is 4.31 Å². The van der Waals surface area contributed by atoms with Crippen LogP contribution in [0.2, 0.25) is 0 Å². The zero-order valence-electron chi connectivity index (χ0n) is 16.3. The van der Waals surface area contributed by atoms with Crippen LogP contribution in [-0.2, 0) is 10.0 Å². The van der Waals surface area contributed by atoms with Gasteiger partial charge >= 0.3 is 0 Å². The summed E-state index contributed by atoms with van der Waals surface area (Å²) in [6.45, 7) is 4.81. The van der Waals surface area contributed by atoms with Gasteiger partial charge in [0, 0.05) is 12.6 Å². The van der Waals surface area contributed by atoms with Crippen LogP contribution < -0.4 is 0 Å². The second-order valence-corrected chi connectivity index (χ2v) is 9.87. The molecule has 1 aromatic carbocycles. The van der Waals surface area contributed by atoms with Gasteiger partial charge in [-0.3, -0.25) is 0 Å². The quantitative estimate of drug-likeness (QED) is 0.658. The molecule has 3 nitrogen and oxygen atoms in total. The summed E-state index contributed by atoms with van der Waals surface area (Å²) in [4.78, 5) is 0.431. The number of fused-ring (bicyclic) bond motifs is 1. The first kappa shape index (κ1) is 19.6. The average molecular weight is 376 g/mol. The Morgan fingerprint density at radius 1 is 0.962 bits per heavy atom. The van der Waals surface area contributed by atoms with E-state index in [1.165, 1.54) is 44.1 Å². The maximum Gasteiger partial charge on any atom is 0.243 e. The number of nitrogens with zero attached hydrogens (tertiary/aromatic N) is 1.